The van der Waals surface area contributed by atoms with Crippen LogP contribution in [0, 0.1) is 0 Å². The third-order valence-electron chi connectivity index (χ3n) is 3.47. The van der Waals surface area contributed by atoms with E-state index >= 15 is 0 Å². The summed E-state index contributed by atoms with van der Waals surface area (Å²) in [7, 11) is 1.80. The zero-order valence-corrected chi connectivity index (χ0v) is 9.42. The monoisotopic (exact) mass is 216 g/mol. The van der Waals surface area contributed by atoms with Crippen molar-refractivity contribution >= 4 is 10.9 Å². The lowest BCUT2D eigenvalue weighted by Crippen LogP contribution is -2.61. The first-order valence-corrected chi connectivity index (χ1v) is 5.63. The first kappa shape index (κ1) is 9.87. The predicted octanol–water partition coefficient (Wildman–Crippen LogP) is 1.70. The van der Waals surface area contributed by atoms with Gasteiger partial charge in [0.25, 0.3) is 0 Å². The van der Waals surface area contributed by atoms with Crippen LogP contribution in [0.1, 0.15) is 5.56 Å². The summed E-state index contributed by atoms with van der Waals surface area (Å²) in [5.74, 6) is 0. The number of benzene rings is 1. The van der Waals surface area contributed by atoms with Gasteiger partial charge in [-0.05, 0) is 23.1 Å². The summed E-state index contributed by atoms with van der Waals surface area (Å²) in [6.07, 6.45) is 2.96. The predicted molar refractivity (Wildman–Crippen MR) is 64.6 cm³/mol. The Labute approximate surface area is 94.8 Å². The van der Waals surface area contributed by atoms with Crippen LogP contribution in [0.25, 0.3) is 10.9 Å². The minimum absolute atomic E-state index is 0.0142. The molecule has 0 bridgehead atoms. The molecule has 0 saturated carbocycles. The summed E-state index contributed by atoms with van der Waals surface area (Å²) in [6, 6.07) is 8.66. The molecule has 2 N–H and O–H groups in total. The second-order valence-corrected chi connectivity index (χ2v) is 4.57. The van der Waals surface area contributed by atoms with E-state index in [-0.39, 0.29) is 5.60 Å². The Morgan fingerprint density at radius 1 is 1.31 bits per heavy atom. The molecule has 0 unspecified atom stereocenters. The van der Waals surface area contributed by atoms with Gasteiger partial charge in [0.05, 0.1) is 5.60 Å². The van der Waals surface area contributed by atoms with E-state index in [0.29, 0.717) is 0 Å². The van der Waals surface area contributed by atoms with E-state index in [1.54, 1.807) is 7.11 Å². The molecule has 1 aliphatic heterocycles. The Morgan fingerprint density at radius 2 is 2.19 bits per heavy atom. The third-order valence-corrected chi connectivity index (χ3v) is 3.47. The summed E-state index contributed by atoms with van der Waals surface area (Å²) in [5.41, 5.74) is 2.55. The van der Waals surface area contributed by atoms with Crippen molar-refractivity contribution in [2.24, 2.45) is 0 Å². The maximum Gasteiger partial charge on any atom is 0.0966 e. The van der Waals surface area contributed by atoms with Gasteiger partial charge in [0.1, 0.15) is 0 Å². The zero-order chi connectivity index (χ0) is 11.0. The first-order chi connectivity index (χ1) is 7.81. The van der Waals surface area contributed by atoms with E-state index in [2.05, 4.69) is 34.6 Å². The molecule has 2 aromatic rings. The number of fused-ring (bicyclic) bond motifs is 1. The standard InChI is InChI=1S/C13H16N2O/c1-16-13(8-14-9-13)7-10-2-3-11-4-5-15-12(11)6-10/h2-6,14-15H,7-9H2,1H3. The first-order valence-electron chi connectivity index (χ1n) is 5.63. The second-order valence-electron chi connectivity index (χ2n) is 4.57. The van der Waals surface area contributed by atoms with Crippen molar-refractivity contribution in [1.82, 2.24) is 10.3 Å². The number of hydrogen-bond acceptors (Lipinski definition) is 2. The molecule has 1 aromatic carbocycles. The van der Waals surface area contributed by atoms with E-state index in [9.17, 15) is 0 Å². The number of aromatic amines is 1. The van der Waals surface area contributed by atoms with Crippen molar-refractivity contribution in [3.05, 3.63) is 36.0 Å². The molecule has 1 aromatic heterocycles. The highest BCUT2D eigenvalue weighted by Crippen LogP contribution is 2.23. The molecule has 3 rings (SSSR count). The van der Waals surface area contributed by atoms with Crippen LogP contribution in [0.4, 0.5) is 0 Å². The van der Waals surface area contributed by atoms with E-state index in [1.165, 1.54) is 16.5 Å². The quantitative estimate of drug-likeness (QED) is 0.819. The number of methoxy groups -OCH3 is 1. The van der Waals surface area contributed by atoms with Crippen molar-refractivity contribution in [2.75, 3.05) is 20.2 Å². The van der Waals surface area contributed by atoms with Crippen molar-refractivity contribution in [2.45, 2.75) is 12.0 Å². The Kier molecular flexibility index (Phi) is 2.23. The van der Waals surface area contributed by atoms with Crippen LogP contribution >= 0.6 is 0 Å². The fourth-order valence-corrected chi connectivity index (χ4v) is 2.32. The SMILES string of the molecule is COC1(Cc2ccc3cc[nH]c3c2)CNC1. The molecular weight excluding hydrogens is 200 g/mol. The van der Waals surface area contributed by atoms with Crippen molar-refractivity contribution in [1.29, 1.82) is 0 Å². The van der Waals surface area contributed by atoms with Crippen LogP contribution in [0.2, 0.25) is 0 Å². The fourth-order valence-electron chi connectivity index (χ4n) is 2.32. The molecule has 1 fully saturated rings. The molecule has 2 heterocycles. The van der Waals surface area contributed by atoms with Crippen molar-refractivity contribution in [3.8, 4) is 0 Å². The minimum atomic E-state index is 0.0142. The molecule has 3 heteroatoms. The van der Waals surface area contributed by atoms with Crippen LogP contribution in [-0.4, -0.2) is 30.8 Å². The summed E-state index contributed by atoms with van der Waals surface area (Å²) in [6.45, 7) is 1.90. The van der Waals surface area contributed by atoms with Gasteiger partial charge in [-0.15, -0.1) is 0 Å². The molecular formula is C13H16N2O. The Morgan fingerprint density at radius 3 is 2.88 bits per heavy atom. The number of ether oxygens (including phenoxy) is 1. The summed E-state index contributed by atoms with van der Waals surface area (Å²) < 4.78 is 5.60. The molecule has 1 aliphatic rings. The number of H-pyrrole nitrogens is 1. The highest BCUT2D eigenvalue weighted by molar-refractivity contribution is 5.79. The van der Waals surface area contributed by atoms with Crippen LogP contribution in [0.3, 0.4) is 0 Å². The lowest BCUT2D eigenvalue weighted by Gasteiger charge is -2.41. The molecule has 84 valence electrons. The van der Waals surface area contributed by atoms with E-state index in [0.717, 1.165) is 19.5 Å². The van der Waals surface area contributed by atoms with Crippen LogP contribution in [0.5, 0.6) is 0 Å². The van der Waals surface area contributed by atoms with Gasteiger partial charge in [-0.25, -0.2) is 0 Å². The Balaban J connectivity index is 1.88. The average molecular weight is 216 g/mol. The maximum atomic E-state index is 5.60. The maximum absolute atomic E-state index is 5.60. The smallest absolute Gasteiger partial charge is 0.0966 e. The highest BCUT2D eigenvalue weighted by atomic mass is 16.5. The van der Waals surface area contributed by atoms with Gasteiger partial charge >= 0.3 is 0 Å². The molecule has 1 saturated heterocycles. The molecule has 0 amide bonds. The van der Waals surface area contributed by atoms with Crippen molar-refractivity contribution in [3.63, 3.8) is 0 Å². The van der Waals surface area contributed by atoms with Gasteiger partial charge in [0.15, 0.2) is 0 Å². The summed E-state index contributed by atoms with van der Waals surface area (Å²) in [4.78, 5) is 3.24. The molecule has 0 atom stereocenters. The van der Waals surface area contributed by atoms with E-state index < -0.39 is 0 Å². The van der Waals surface area contributed by atoms with Crippen LogP contribution < -0.4 is 5.32 Å². The minimum Gasteiger partial charge on any atom is -0.375 e. The number of aromatic nitrogens is 1. The van der Waals surface area contributed by atoms with Gasteiger partial charge < -0.3 is 15.0 Å². The second kappa shape index (κ2) is 3.61. The average Bonchev–Trinajstić information content (AvgIpc) is 2.70. The van der Waals surface area contributed by atoms with Crippen LogP contribution in [-0.2, 0) is 11.2 Å². The van der Waals surface area contributed by atoms with Gasteiger partial charge in [0.2, 0.25) is 0 Å². The fraction of sp³-hybridized carbons (Fsp3) is 0.385. The molecule has 0 aliphatic carbocycles. The van der Waals surface area contributed by atoms with E-state index in [1.807, 2.05) is 6.20 Å². The topological polar surface area (TPSA) is 37.0 Å². The van der Waals surface area contributed by atoms with Gasteiger partial charge in [0, 0.05) is 38.3 Å². The lowest BCUT2D eigenvalue weighted by atomic mass is 9.88. The highest BCUT2D eigenvalue weighted by Gasteiger charge is 2.36. The van der Waals surface area contributed by atoms with Crippen LogP contribution in [0.15, 0.2) is 30.5 Å². The number of rotatable bonds is 3. The summed E-state index contributed by atoms with van der Waals surface area (Å²) >= 11 is 0. The molecule has 0 spiro atoms. The summed E-state index contributed by atoms with van der Waals surface area (Å²) in [5, 5.41) is 4.54. The van der Waals surface area contributed by atoms with Crippen molar-refractivity contribution < 1.29 is 4.74 Å². The lowest BCUT2D eigenvalue weighted by molar-refractivity contribution is -0.0502. The molecule has 0 radical (unpaired) electrons. The zero-order valence-electron chi connectivity index (χ0n) is 9.42. The normalized spacial score (nSPS) is 18.6. The van der Waals surface area contributed by atoms with E-state index in [4.69, 9.17) is 4.74 Å². The molecule has 3 nitrogen and oxygen atoms in total. The molecule has 16 heavy (non-hydrogen) atoms. The van der Waals surface area contributed by atoms with Gasteiger partial charge in [-0.1, -0.05) is 12.1 Å². The Hall–Kier alpha value is -1.32. The Bertz CT molecular complexity index is 494. The van der Waals surface area contributed by atoms with Gasteiger partial charge in [-0.2, -0.15) is 0 Å². The van der Waals surface area contributed by atoms with Gasteiger partial charge in [-0.3, -0.25) is 0 Å². The number of nitrogens with one attached hydrogen (secondary N) is 2. The third kappa shape index (κ3) is 1.52. The number of hydrogen-bond donors (Lipinski definition) is 2. The largest absolute Gasteiger partial charge is 0.375 e.